The second kappa shape index (κ2) is 7.38. The van der Waals surface area contributed by atoms with Gasteiger partial charge in [-0.15, -0.1) is 0 Å². The molecule has 6 heteroatoms. The minimum Gasteiger partial charge on any atom is -0.375 e. The minimum absolute atomic E-state index is 0.0920. The van der Waals surface area contributed by atoms with Gasteiger partial charge < -0.3 is 15.5 Å². The summed E-state index contributed by atoms with van der Waals surface area (Å²) >= 11 is 6.32. The molecular formula is C20H22ClN3O2. The number of carbonyl (C=O) groups excluding carboxylic acids is 2. The molecule has 0 bridgehead atoms. The normalized spacial score (nSPS) is 16.5. The predicted octanol–water partition coefficient (Wildman–Crippen LogP) is 4.13. The van der Waals surface area contributed by atoms with Gasteiger partial charge in [0.1, 0.15) is 0 Å². The third-order valence-electron chi connectivity index (χ3n) is 4.48. The van der Waals surface area contributed by atoms with Gasteiger partial charge >= 0.3 is 0 Å². The largest absolute Gasteiger partial charge is 0.375 e. The van der Waals surface area contributed by atoms with Crippen LogP contribution >= 0.6 is 11.6 Å². The molecule has 0 fully saturated rings. The van der Waals surface area contributed by atoms with Gasteiger partial charge in [-0.25, -0.2) is 0 Å². The van der Waals surface area contributed by atoms with Crippen molar-refractivity contribution in [1.29, 1.82) is 0 Å². The van der Waals surface area contributed by atoms with E-state index in [-0.39, 0.29) is 30.8 Å². The summed E-state index contributed by atoms with van der Waals surface area (Å²) in [4.78, 5) is 26.7. The van der Waals surface area contributed by atoms with Crippen LogP contribution in [0.5, 0.6) is 0 Å². The molecule has 2 N–H and O–H groups in total. The molecule has 0 aliphatic carbocycles. The van der Waals surface area contributed by atoms with E-state index in [0.717, 1.165) is 16.8 Å². The van der Waals surface area contributed by atoms with Crippen molar-refractivity contribution >= 4 is 40.5 Å². The second-order valence-corrected chi connectivity index (χ2v) is 7.08. The molecule has 1 heterocycles. The molecule has 0 unspecified atom stereocenters. The second-order valence-electron chi connectivity index (χ2n) is 6.67. The Morgan fingerprint density at radius 3 is 2.77 bits per heavy atom. The third-order valence-corrected chi connectivity index (χ3v) is 4.77. The number of amides is 2. The lowest BCUT2D eigenvalue weighted by Crippen LogP contribution is -2.42. The number of nitrogens with zero attached hydrogens (tertiary/aromatic N) is 1. The maximum Gasteiger partial charge on any atom is 0.246 e. The van der Waals surface area contributed by atoms with Gasteiger partial charge in [0.25, 0.3) is 0 Å². The SMILES string of the molecule is Cc1cc(C)c(NCC(=O)N2c3ccccc3NC(=O)C[C@H]2C)c(Cl)c1. The number of fused-ring (bicyclic) bond motifs is 1. The lowest BCUT2D eigenvalue weighted by Gasteiger charge is -2.28. The maximum absolute atomic E-state index is 13.0. The number of para-hydroxylation sites is 2. The van der Waals surface area contributed by atoms with Crippen LogP contribution in [0, 0.1) is 13.8 Å². The zero-order valence-electron chi connectivity index (χ0n) is 15.1. The van der Waals surface area contributed by atoms with Crippen LogP contribution in [0.1, 0.15) is 24.5 Å². The van der Waals surface area contributed by atoms with Crippen LogP contribution in [-0.4, -0.2) is 24.4 Å². The number of rotatable bonds is 3. The number of aryl methyl sites for hydroxylation is 2. The zero-order valence-corrected chi connectivity index (χ0v) is 15.9. The molecule has 2 amide bonds. The predicted molar refractivity (Wildman–Crippen MR) is 106 cm³/mol. The van der Waals surface area contributed by atoms with E-state index in [9.17, 15) is 9.59 Å². The van der Waals surface area contributed by atoms with Crippen LogP contribution < -0.4 is 15.5 Å². The van der Waals surface area contributed by atoms with Crippen molar-refractivity contribution in [2.24, 2.45) is 0 Å². The van der Waals surface area contributed by atoms with E-state index in [1.807, 2.05) is 51.1 Å². The van der Waals surface area contributed by atoms with E-state index >= 15 is 0 Å². The van der Waals surface area contributed by atoms with Crippen molar-refractivity contribution in [3.63, 3.8) is 0 Å². The van der Waals surface area contributed by atoms with E-state index in [0.29, 0.717) is 16.4 Å². The number of benzene rings is 2. The van der Waals surface area contributed by atoms with Gasteiger partial charge in [-0.1, -0.05) is 29.8 Å². The van der Waals surface area contributed by atoms with Crippen molar-refractivity contribution in [2.45, 2.75) is 33.2 Å². The highest BCUT2D eigenvalue weighted by atomic mass is 35.5. The number of halogens is 1. The van der Waals surface area contributed by atoms with Gasteiger partial charge in [-0.05, 0) is 50.1 Å². The maximum atomic E-state index is 13.0. The fourth-order valence-electron chi connectivity index (χ4n) is 3.36. The Balaban J connectivity index is 1.84. The molecular weight excluding hydrogens is 350 g/mol. The van der Waals surface area contributed by atoms with Crippen LogP contribution in [0.2, 0.25) is 5.02 Å². The summed E-state index contributed by atoms with van der Waals surface area (Å²) in [5, 5.41) is 6.62. The van der Waals surface area contributed by atoms with Crippen LogP contribution in [0.25, 0.3) is 0 Å². The highest BCUT2D eigenvalue weighted by molar-refractivity contribution is 6.33. The van der Waals surface area contributed by atoms with E-state index < -0.39 is 0 Å². The van der Waals surface area contributed by atoms with E-state index in [2.05, 4.69) is 10.6 Å². The number of nitrogens with one attached hydrogen (secondary N) is 2. The van der Waals surface area contributed by atoms with Crippen LogP contribution in [0.4, 0.5) is 17.1 Å². The Morgan fingerprint density at radius 1 is 1.31 bits per heavy atom. The average Bonchev–Trinajstić information content (AvgIpc) is 2.67. The highest BCUT2D eigenvalue weighted by Crippen LogP contribution is 2.32. The van der Waals surface area contributed by atoms with Crippen LogP contribution in [0.3, 0.4) is 0 Å². The monoisotopic (exact) mass is 371 g/mol. The zero-order chi connectivity index (χ0) is 18.8. The van der Waals surface area contributed by atoms with Crippen molar-refractivity contribution in [1.82, 2.24) is 0 Å². The Morgan fingerprint density at radius 2 is 2.04 bits per heavy atom. The molecule has 0 radical (unpaired) electrons. The summed E-state index contributed by atoms with van der Waals surface area (Å²) < 4.78 is 0. The molecule has 0 saturated carbocycles. The number of hydrogen-bond acceptors (Lipinski definition) is 3. The third kappa shape index (κ3) is 3.68. The average molecular weight is 372 g/mol. The molecule has 1 aliphatic rings. The molecule has 26 heavy (non-hydrogen) atoms. The standard InChI is InChI=1S/C20H22ClN3O2/c1-12-8-13(2)20(15(21)9-12)22-11-19(26)24-14(3)10-18(25)23-16-6-4-5-7-17(16)24/h4-9,14,22H,10-11H2,1-3H3,(H,23,25)/t14-/m1/s1. The van der Waals surface area contributed by atoms with Gasteiger partial charge in [0.05, 0.1) is 28.6 Å². The topological polar surface area (TPSA) is 61.4 Å². The quantitative estimate of drug-likeness (QED) is 0.852. The number of hydrogen-bond donors (Lipinski definition) is 2. The lowest BCUT2D eigenvalue weighted by atomic mass is 10.1. The first kappa shape index (κ1) is 18.3. The van der Waals surface area contributed by atoms with Crippen molar-refractivity contribution in [3.05, 3.63) is 52.5 Å². The fourth-order valence-corrected chi connectivity index (χ4v) is 3.74. The Labute approximate surface area is 158 Å². The summed E-state index contributed by atoms with van der Waals surface area (Å²) in [6, 6.07) is 11.0. The number of carbonyl (C=O) groups is 2. The van der Waals surface area contributed by atoms with E-state index in [4.69, 9.17) is 11.6 Å². The van der Waals surface area contributed by atoms with Crippen molar-refractivity contribution in [3.8, 4) is 0 Å². The summed E-state index contributed by atoms with van der Waals surface area (Å²) in [6.45, 7) is 5.91. The summed E-state index contributed by atoms with van der Waals surface area (Å²) in [7, 11) is 0. The van der Waals surface area contributed by atoms with Crippen molar-refractivity contribution < 1.29 is 9.59 Å². The summed E-state index contributed by atoms with van der Waals surface area (Å²) in [6.07, 6.45) is 0.255. The Bertz CT molecular complexity index is 843. The van der Waals surface area contributed by atoms with Gasteiger partial charge in [0.15, 0.2) is 0 Å². The molecule has 3 rings (SSSR count). The van der Waals surface area contributed by atoms with Crippen molar-refractivity contribution in [2.75, 3.05) is 22.1 Å². The first-order valence-corrected chi connectivity index (χ1v) is 8.96. The molecule has 0 saturated heterocycles. The van der Waals surface area contributed by atoms with Gasteiger partial charge in [0.2, 0.25) is 11.8 Å². The lowest BCUT2D eigenvalue weighted by molar-refractivity contribution is -0.118. The Kier molecular flexibility index (Phi) is 5.18. The first-order chi connectivity index (χ1) is 12.4. The van der Waals surface area contributed by atoms with Crippen LogP contribution in [-0.2, 0) is 9.59 Å². The Hall–Kier alpha value is -2.53. The molecule has 2 aromatic carbocycles. The molecule has 5 nitrogen and oxygen atoms in total. The summed E-state index contributed by atoms with van der Waals surface area (Å²) in [5.74, 6) is -0.205. The molecule has 0 aromatic heterocycles. The molecule has 2 aromatic rings. The molecule has 136 valence electrons. The van der Waals surface area contributed by atoms with E-state index in [1.165, 1.54) is 0 Å². The number of anilines is 3. The molecule has 1 aliphatic heterocycles. The fraction of sp³-hybridized carbons (Fsp3) is 0.300. The first-order valence-electron chi connectivity index (χ1n) is 8.58. The van der Waals surface area contributed by atoms with E-state index in [1.54, 1.807) is 11.0 Å². The smallest absolute Gasteiger partial charge is 0.246 e. The van der Waals surface area contributed by atoms with Gasteiger partial charge in [0, 0.05) is 12.5 Å². The van der Waals surface area contributed by atoms with Gasteiger partial charge in [-0.2, -0.15) is 0 Å². The van der Waals surface area contributed by atoms with Gasteiger partial charge in [-0.3, -0.25) is 9.59 Å². The molecule has 0 spiro atoms. The van der Waals surface area contributed by atoms with Crippen LogP contribution in [0.15, 0.2) is 36.4 Å². The molecule has 1 atom stereocenters. The minimum atomic E-state index is -0.234. The highest BCUT2D eigenvalue weighted by Gasteiger charge is 2.29. The summed E-state index contributed by atoms with van der Waals surface area (Å²) in [5.41, 5.74) is 4.19.